The molecule has 3 rings (SSSR count). The Morgan fingerprint density at radius 3 is 2.63 bits per heavy atom. The van der Waals surface area contributed by atoms with E-state index in [0.717, 1.165) is 5.56 Å². The van der Waals surface area contributed by atoms with Gasteiger partial charge in [0.1, 0.15) is 5.69 Å². The van der Waals surface area contributed by atoms with Gasteiger partial charge in [-0.1, -0.05) is 6.07 Å². The monoisotopic (exact) mass is 370 g/mol. The number of benzene rings is 1. The zero-order chi connectivity index (χ0) is 19.2. The molecular formula is C19H22N4O4. The number of ether oxygens (including phenoxy) is 2. The van der Waals surface area contributed by atoms with Gasteiger partial charge in [-0.2, -0.15) is 0 Å². The zero-order valence-electron chi connectivity index (χ0n) is 15.3. The van der Waals surface area contributed by atoms with Crippen LogP contribution in [0.3, 0.4) is 0 Å². The first-order valence-corrected chi connectivity index (χ1v) is 8.66. The minimum absolute atomic E-state index is 0.0429. The van der Waals surface area contributed by atoms with Crippen molar-refractivity contribution in [3.05, 3.63) is 48.0 Å². The van der Waals surface area contributed by atoms with Crippen LogP contribution in [0.2, 0.25) is 0 Å². The Balaban J connectivity index is 1.43. The standard InChI is InChI=1S/C19H22N4O4/c1-26-16-4-3-13(9-17(16)27-2)5-6-22-18(24)14-11-23(12-14)19(25)15-10-20-7-8-21-15/h3-4,7-10,14H,5-6,11-12H2,1-2H3,(H,22,24). The summed E-state index contributed by atoms with van der Waals surface area (Å²) in [4.78, 5) is 33.9. The Bertz CT molecular complexity index is 807. The van der Waals surface area contributed by atoms with E-state index in [0.29, 0.717) is 43.2 Å². The molecule has 2 aromatic rings. The average Bonchev–Trinajstić information content (AvgIpc) is 2.67. The highest BCUT2D eigenvalue weighted by molar-refractivity contribution is 5.94. The smallest absolute Gasteiger partial charge is 0.274 e. The Hall–Kier alpha value is -3.16. The van der Waals surface area contributed by atoms with Crippen molar-refractivity contribution in [1.82, 2.24) is 20.2 Å². The van der Waals surface area contributed by atoms with Crippen LogP contribution in [0, 0.1) is 5.92 Å². The number of rotatable bonds is 7. The van der Waals surface area contributed by atoms with Crippen LogP contribution in [0.15, 0.2) is 36.8 Å². The molecule has 0 saturated carbocycles. The first-order valence-electron chi connectivity index (χ1n) is 8.66. The molecule has 1 N–H and O–H groups in total. The predicted molar refractivity (Wildman–Crippen MR) is 97.7 cm³/mol. The lowest BCUT2D eigenvalue weighted by Crippen LogP contribution is -2.56. The SMILES string of the molecule is COc1ccc(CCNC(=O)C2CN(C(=O)c3cnccn3)C2)cc1OC. The van der Waals surface area contributed by atoms with Crippen LogP contribution in [-0.4, -0.2) is 60.5 Å². The quantitative estimate of drug-likeness (QED) is 0.779. The fourth-order valence-electron chi connectivity index (χ4n) is 2.89. The summed E-state index contributed by atoms with van der Waals surface area (Å²) in [7, 11) is 3.18. The number of nitrogens with zero attached hydrogens (tertiary/aromatic N) is 3. The molecule has 2 amide bonds. The average molecular weight is 370 g/mol. The number of carbonyl (C=O) groups excluding carboxylic acids is 2. The number of nitrogens with one attached hydrogen (secondary N) is 1. The molecule has 1 aromatic heterocycles. The van der Waals surface area contributed by atoms with E-state index in [1.165, 1.54) is 18.6 Å². The summed E-state index contributed by atoms with van der Waals surface area (Å²) in [5.74, 6) is 0.915. The van der Waals surface area contributed by atoms with Crippen molar-refractivity contribution in [3.63, 3.8) is 0 Å². The van der Waals surface area contributed by atoms with Crippen LogP contribution < -0.4 is 14.8 Å². The second-order valence-electron chi connectivity index (χ2n) is 6.23. The Kier molecular flexibility index (Phi) is 5.85. The molecule has 2 heterocycles. The van der Waals surface area contributed by atoms with Gasteiger partial charge in [0, 0.05) is 32.0 Å². The number of hydrogen-bond acceptors (Lipinski definition) is 6. The number of carbonyl (C=O) groups is 2. The summed E-state index contributed by atoms with van der Waals surface area (Å²) in [5.41, 5.74) is 1.34. The molecule has 0 bridgehead atoms. The van der Waals surface area contributed by atoms with E-state index in [-0.39, 0.29) is 17.7 Å². The second-order valence-corrected chi connectivity index (χ2v) is 6.23. The van der Waals surface area contributed by atoms with Gasteiger partial charge in [-0.25, -0.2) is 4.98 Å². The first-order chi connectivity index (χ1) is 13.1. The second kappa shape index (κ2) is 8.48. The third-order valence-corrected chi connectivity index (χ3v) is 4.48. The van der Waals surface area contributed by atoms with Gasteiger partial charge in [0.25, 0.3) is 5.91 Å². The van der Waals surface area contributed by atoms with Gasteiger partial charge < -0.3 is 19.7 Å². The molecule has 0 aliphatic carbocycles. The Labute approximate surface area is 157 Å². The highest BCUT2D eigenvalue weighted by Gasteiger charge is 2.36. The molecule has 1 saturated heterocycles. The van der Waals surface area contributed by atoms with Crippen LogP contribution >= 0.6 is 0 Å². The molecule has 0 unspecified atom stereocenters. The molecule has 1 aliphatic heterocycles. The van der Waals surface area contributed by atoms with Gasteiger partial charge >= 0.3 is 0 Å². The third kappa shape index (κ3) is 4.33. The van der Waals surface area contributed by atoms with E-state index < -0.39 is 0 Å². The maximum absolute atomic E-state index is 12.2. The maximum Gasteiger partial charge on any atom is 0.274 e. The van der Waals surface area contributed by atoms with Gasteiger partial charge in [0.2, 0.25) is 5.91 Å². The molecule has 1 aromatic carbocycles. The molecule has 0 atom stereocenters. The fourth-order valence-corrected chi connectivity index (χ4v) is 2.89. The lowest BCUT2D eigenvalue weighted by molar-refractivity contribution is -0.128. The molecule has 8 heteroatoms. The van der Waals surface area contributed by atoms with E-state index in [1.807, 2.05) is 18.2 Å². The van der Waals surface area contributed by atoms with Crippen LogP contribution in [-0.2, 0) is 11.2 Å². The maximum atomic E-state index is 12.2. The summed E-state index contributed by atoms with van der Waals surface area (Å²) < 4.78 is 10.5. The van der Waals surface area contributed by atoms with E-state index in [9.17, 15) is 9.59 Å². The number of likely N-dealkylation sites (tertiary alicyclic amines) is 1. The van der Waals surface area contributed by atoms with Gasteiger partial charge in [0.15, 0.2) is 11.5 Å². The molecule has 1 fully saturated rings. The molecule has 8 nitrogen and oxygen atoms in total. The summed E-state index contributed by atoms with van der Waals surface area (Å²) in [5, 5.41) is 2.92. The van der Waals surface area contributed by atoms with Crippen LogP contribution in [0.25, 0.3) is 0 Å². The minimum atomic E-state index is -0.197. The number of amides is 2. The largest absolute Gasteiger partial charge is 0.493 e. The van der Waals surface area contributed by atoms with Crippen molar-refractivity contribution in [2.45, 2.75) is 6.42 Å². The Morgan fingerprint density at radius 1 is 1.19 bits per heavy atom. The number of hydrogen-bond donors (Lipinski definition) is 1. The lowest BCUT2D eigenvalue weighted by atomic mass is 9.98. The Morgan fingerprint density at radius 2 is 1.96 bits per heavy atom. The van der Waals surface area contributed by atoms with Gasteiger partial charge in [-0.05, 0) is 24.1 Å². The summed E-state index contributed by atoms with van der Waals surface area (Å²) in [6.07, 6.45) is 5.10. The van der Waals surface area contributed by atoms with Gasteiger partial charge in [-0.15, -0.1) is 0 Å². The summed E-state index contributed by atoms with van der Waals surface area (Å²) >= 11 is 0. The zero-order valence-corrected chi connectivity index (χ0v) is 15.3. The van der Waals surface area contributed by atoms with Crippen LogP contribution in [0.5, 0.6) is 11.5 Å². The van der Waals surface area contributed by atoms with E-state index in [4.69, 9.17) is 9.47 Å². The van der Waals surface area contributed by atoms with Crippen molar-refractivity contribution in [3.8, 4) is 11.5 Å². The van der Waals surface area contributed by atoms with Crippen LogP contribution in [0.4, 0.5) is 0 Å². The first kappa shape index (κ1) is 18.6. The molecular weight excluding hydrogens is 348 g/mol. The molecule has 27 heavy (non-hydrogen) atoms. The van der Waals surface area contributed by atoms with Crippen molar-refractivity contribution < 1.29 is 19.1 Å². The van der Waals surface area contributed by atoms with E-state index in [1.54, 1.807) is 19.1 Å². The third-order valence-electron chi connectivity index (χ3n) is 4.48. The predicted octanol–water partition coefficient (Wildman–Crippen LogP) is 0.925. The fraction of sp³-hybridized carbons (Fsp3) is 0.368. The van der Waals surface area contributed by atoms with Crippen molar-refractivity contribution in [1.29, 1.82) is 0 Å². The highest BCUT2D eigenvalue weighted by atomic mass is 16.5. The minimum Gasteiger partial charge on any atom is -0.493 e. The van der Waals surface area contributed by atoms with Crippen molar-refractivity contribution >= 4 is 11.8 Å². The van der Waals surface area contributed by atoms with Crippen molar-refractivity contribution in [2.75, 3.05) is 33.9 Å². The molecule has 142 valence electrons. The van der Waals surface area contributed by atoms with E-state index in [2.05, 4.69) is 15.3 Å². The lowest BCUT2D eigenvalue weighted by Gasteiger charge is -2.37. The normalized spacial score (nSPS) is 13.6. The number of methoxy groups -OCH3 is 2. The molecule has 1 aliphatic rings. The van der Waals surface area contributed by atoms with Crippen molar-refractivity contribution in [2.24, 2.45) is 5.92 Å². The molecule has 0 spiro atoms. The van der Waals surface area contributed by atoms with E-state index >= 15 is 0 Å². The number of aromatic nitrogens is 2. The summed E-state index contributed by atoms with van der Waals surface area (Å²) in [6.45, 7) is 1.32. The van der Waals surface area contributed by atoms with Gasteiger partial charge in [0.05, 0.1) is 26.3 Å². The van der Waals surface area contributed by atoms with Gasteiger partial charge in [-0.3, -0.25) is 14.6 Å². The molecule has 0 radical (unpaired) electrons. The van der Waals surface area contributed by atoms with Crippen LogP contribution in [0.1, 0.15) is 16.1 Å². The summed E-state index contributed by atoms with van der Waals surface area (Å²) in [6, 6.07) is 5.69. The highest BCUT2D eigenvalue weighted by Crippen LogP contribution is 2.27. The topological polar surface area (TPSA) is 93.7 Å².